The number of thiocarbonyl (C=S) groups is 1. The van der Waals surface area contributed by atoms with Gasteiger partial charge in [0.05, 0.1) is 33.3 Å². The molecule has 3 rings (SSSR count). The van der Waals surface area contributed by atoms with Crippen LogP contribution in [0.1, 0.15) is 12.0 Å². The van der Waals surface area contributed by atoms with Crippen LogP contribution in [0.4, 0.5) is 5.69 Å². The Morgan fingerprint density at radius 1 is 1.06 bits per heavy atom. The Labute approximate surface area is 201 Å². The van der Waals surface area contributed by atoms with Crippen LogP contribution in [0.15, 0.2) is 41.3 Å². The molecule has 0 aliphatic carbocycles. The maximum atomic E-state index is 12.9. The Balaban J connectivity index is 1.69. The largest absolute Gasteiger partial charge is 0.497 e. The SMILES string of the molecule is COc1cccc(NC(=O)CCN2C(=O)/C(=C\c3cc(OC)c(OC)c(OC)c3)SC2=S)c1. The molecule has 1 heterocycles. The molecule has 1 N–H and O–H groups in total. The molecule has 2 aromatic carbocycles. The average Bonchev–Trinajstić information content (AvgIpc) is 3.08. The van der Waals surface area contributed by atoms with Gasteiger partial charge in [0.25, 0.3) is 5.91 Å². The van der Waals surface area contributed by atoms with Crippen molar-refractivity contribution in [2.45, 2.75) is 6.42 Å². The number of thioether (sulfide) groups is 1. The fourth-order valence-electron chi connectivity index (χ4n) is 3.17. The summed E-state index contributed by atoms with van der Waals surface area (Å²) >= 11 is 6.55. The highest BCUT2D eigenvalue weighted by Crippen LogP contribution is 2.40. The van der Waals surface area contributed by atoms with E-state index in [0.29, 0.717) is 43.5 Å². The number of anilines is 1. The van der Waals surface area contributed by atoms with Gasteiger partial charge in [-0.05, 0) is 35.9 Å². The molecule has 1 aliphatic rings. The van der Waals surface area contributed by atoms with Gasteiger partial charge >= 0.3 is 0 Å². The summed E-state index contributed by atoms with van der Waals surface area (Å²) in [6.45, 7) is 0.174. The van der Waals surface area contributed by atoms with Crippen LogP contribution in [0.5, 0.6) is 23.0 Å². The van der Waals surface area contributed by atoms with Gasteiger partial charge in [0.15, 0.2) is 11.5 Å². The Hall–Kier alpha value is -3.24. The van der Waals surface area contributed by atoms with E-state index >= 15 is 0 Å². The van der Waals surface area contributed by atoms with Crippen LogP contribution < -0.4 is 24.3 Å². The Morgan fingerprint density at radius 2 is 1.76 bits per heavy atom. The predicted octanol–water partition coefficient (Wildman–Crippen LogP) is 3.95. The zero-order valence-corrected chi connectivity index (χ0v) is 20.3. The molecule has 0 aromatic heterocycles. The lowest BCUT2D eigenvalue weighted by Gasteiger charge is -2.14. The van der Waals surface area contributed by atoms with Gasteiger partial charge in [-0.15, -0.1) is 0 Å². The van der Waals surface area contributed by atoms with E-state index in [4.69, 9.17) is 31.2 Å². The van der Waals surface area contributed by atoms with E-state index in [0.717, 1.165) is 0 Å². The standard InChI is InChI=1S/C23H24N2O6S2/c1-28-16-7-5-6-15(13-16)24-20(26)8-9-25-22(27)19(33-23(25)32)12-14-10-17(29-2)21(31-4)18(11-14)30-3/h5-7,10-13H,8-9H2,1-4H3,(H,24,26)/b19-12+. The lowest BCUT2D eigenvalue weighted by atomic mass is 10.1. The molecule has 1 fully saturated rings. The summed E-state index contributed by atoms with van der Waals surface area (Å²) in [5.74, 6) is 1.58. The Morgan fingerprint density at radius 3 is 2.36 bits per heavy atom. The third-order valence-electron chi connectivity index (χ3n) is 4.77. The summed E-state index contributed by atoms with van der Waals surface area (Å²) in [6.07, 6.45) is 1.81. The summed E-state index contributed by atoms with van der Waals surface area (Å²) in [5, 5.41) is 2.80. The van der Waals surface area contributed by atoms with Crippen molar-refractivity contribution in [3.63, 3.8) is 0 Å². The van der Waals surface area contributed by atoms with Gasteiger partial charge in [-0.25, -0.2) is 0 Å². The molecule has 10 heteroatoms. The molecule has 0 bridgehead atoms. The molecule has 2 aromatic rings. The molecule has 33 heavy (non-hydrogen) atoms. The van der Waals surface area contributed by atoms with Crippen molar-refractivity contribution in [3.05, 3.63) is 46.9 Å². The first-order valence-corrected chi connectivity index (χ1v) is 11.1. The van der Waals surface area contributed by atoms with Gasteiger partial charge in [0.1, 0.15) is 10.1 Å². The minimum Gasteiger partial charge on any atom is -0.497 e. The molecule has 0 radical (unpaired) electrons. The van der Waals surface area contributed by atoms with E-state index < -0.39 is 0 Å². The van der Waals surface area contributed by atoms with Crippen molar-refractivity contribution in [1.29, 1.82) is 0 Å². The Bertz CT molecular complexity index is 1080. The fourth-order valence-corrected chi connectivity index (χ4v) is 4.48. The molecule has 0 atom stereocenters. The average molecular weight is 489 g/mol. The molecule has 0 saturated carbocycles. The number of ether oxygens (including phenoxy) is 4. The summed E-state index contributed by atoms with van der Waals surface area (Å²) in [4.78, 5) is 27.2. The molecule has 2 amide bonds. The third-order valence-corrected chi connectivity index (χ3v) is 6.15. The topological polar surface area (TPSA) is 86.3 Å². The number of nitrogens with zero attached hydrogens (tertiary/aromatic N) is 1. The van der Waals surface area contributed by atoms with Crippen LogP contribution in [0.2, 0.25) is 0 Å². The van der Waals surface area contributed by atoms with Crippen molar-refractivity contribution in [3.8, 4) is 23.0 Å². The number of benzene rings is 2. The lowest BCUT2D eigenvalue weighted by molar-refractivity contribution is -0.122. The van der Waals surface area contributed by atoms with Crippen LogP contribution >= 0.6 is 24.0 Å². The maximum Gasteiger partial charge on any atom is 0.266 e. The van der Waals surface area contributed by atoms with Gasteiger partial charge in [-0.3, -0.25) is 14.5 Å². The molecular weight excluding hydrogens is 464 g/mol. The van der Waals surface area contributed by atoms with Crippen LogP contribution in [-0.2, 0) is 9.59 Å². The normalized spacial score (nSPS) is 14.4. The van der Waals surface area contributed by atoms with Gasteiger partial charge in [0, 0.05) is 24.7 Å². The van der Waals surface area contributed by atoms with E-state index in [1.54, 1.807) is 49.6 Å². The number of nitrogens with one attached hydrogen (secondary N) is 1. The van der Waals surface area contributed by atoms with Crippen molar-refractivity contribution < 1.29 is 28.5 Å². The van der Waals surface area contributed by atoms with E-state index in [1.165, 1.54) is 38.0 Å². The van der Waals surface area contributed by atoms with Crippen LogP contribution in [0.3, 0.4) is 0 Å². The monoisotopic (exact) mass is 488 g/mol. The summed E-state index contributed by atoms with van der Waals surface area (Å²) in [6, 6.07) is 10.5. The first kappa shape index (κ1) is 24.4. The first-order chi connectivity index (χ1) is 15.9. The quantitative estimate of drug-likeness (QED) is 0.420. The minimum absolute atomic E-state index is 0.0983. The van der Waals surface area contributed by atoms with Crippen molar-refractivity contribution in [2.75, 3.05) is 40.3 Å². The number of carbonyl (C=O) groups excluding carboxylic acids is 2. The molecule has 1 aliphatic heterocycles. The summed E-state index contributed by atoms with van der Waals surface area (Å²) in [7, 11) is 6.13. The number of methoxy groups -OCH3 is 4. The molecule has 174 valence electrons. The van der Waals surface area contributed by atoms with E-state index in [-0.39, 0.29) is 24.8 Å². The smallest absolute Gasteiger partial charge is 0.266 e. The minimum atomic E-state index is -0.257. The zero-order valence-electron chi connectivity index (χ0n) is 18.7. The number of rotatable bonds is 9. The highest BCUT2D eigenvalue weighted by molar-refractivity contribution is 8.26. The molecule has 1 saturated heterocycles. The second-order valence-electron chi connectivity index (χ2n) is 6.82. The van der Waals surface area contributed by atoms with Crippen molar-refractivity contribution in [2.24, 2.45) is 0 Å². The highest BCUT2D eigenvalue weighted by Gasteiger charge is 2.32. The van der Waals surface area contributed by atoms with Gasteiger partial charge < -0.3 is 24.3 Å². The maximum absolute atomic E-state index is 12.9. The van der Waals surface area contributed by atoms with Gasteiger partial charge in [0.2, 0.25) is 11.7 Å². The van der Waals surface area contributed by atoms with Gasteiger partial charge in [-0.1, -0.05) is 30.0 Å². The van der Waals surface area contributed by atoms with E-state index in [9.17, 15) is 9.59 Å². The van der Waals surface area contributed by atoms with E-state index in [2.05, 4.69) is 5.32 Å². The molecular formula is C23H24N2O6S2. The second kappa shape index (κ2) is 11.1. The van der Waals surface area contributed by atoms with Crippen LogP contribution in [0, 0.1) is 0 Å². The number of hydrogen-bond donors (Lipinski definition) is 1. The Kier molecular flexibility index (Phi) is 8.18. The zero-order chi connectivity index (χ0) is 24.0. The molecule has 8 nitrogen and oxygen atoms in total. The predicted molar refractivity (Wildman–Crippen MR) is 132 cm³/mol. The second-order valence-corrected chi connectivity index (χ2v) is 8.50. The van der Waals surface area contributed by atoms with Gasteiger partial charge in [-0.2, -0.15) is 0 Å². The van der Waals surface area contributed by atoms with Crippen LogP contribution in [-0.4, -0.2) is 56.0 Å². The third kappa shape index (κ3) is 5.77. The van der Waals surface area contributed by atoms with Crippen molar-refractivity contribution in [1.82, 2.24) is 4.90 Å². The number of amides is 2. The highest BCUT2D eigenvalue weighted by atomic mass is 32.2. The molecule has 0 unspecified atom stereocenters. The number of hydrogen-bond acceptors (Lipinski definition) is 8. The fraction of sp³-hybridized carbons (Fsp3) is 0.261. The molecule has 0 spiro atoms. The summed E-state index contributed by atoms with van der Waals surface area (Å²) < 4.78 is 21.6. The van der Waals surface area contributed by atoms with E-state index in [1.807, 2.05) is 0 Å². The lowest BCUT2D eigenvalue weighted by Crippen LogP contribution is -2.31. The first-order valence-electron chi connectivity index (χ1n) is 9.89. The number of carbonyl (C=O) groups is 2. The van der Waals surface area contributed by atoms with Crippen LogP contribution in [0.25, 0.3) is 6.08 Å². The summed E-state index contributed by atoms with van der Waals surface area (Å²) in [5.41, 5.74) is 1.31. The van der Waals surface area contributed by atoms with Crippen molar-refractivity contribution >= 4 is 51.9 Å².